The fourth-order valence-electron chi connectivity index (χ4n) is 2.37. The summed E-state index contributed by atoms with van der Waals surface area (Å²) in [6, 6.07) is 9.89. The first-order valence-corrected chi connectivity index (χ1v) is 7.21. The second-order valence-electron chi connectivity index (χ2n) is 5.18. The Bertz CT molecular complexity index is 680. The molecule has 0 fully saturated rings. The van der Waals surface area contributed by atoms with Gasteiger partial charge in [-0.3, -0.25) is 9.59 Å². The number of aromatic nitrogens is 3. The van der Waals surface area contributed by atoms with Gasteiger partial charge in [0.1, 0.15) is 12.2 Å². The first-order chi connectivity index (χ1) is 10.7. The van der Waals surface area contributed by atoms with Gasteiger partial charge in [-0.25, -0.2) is 4.68 Å². The average molecular weight is 299 g/mol. The van der Waals surface area contributed by atoms with Gasteiger partial charge < -0.3 is 10.6 Å². The van der Waals surface area contributed by atoms with Crippen LogP contribution >= 0.6 is 0 Å². The molecule has 7 nitrogen and oxygen atoms in total. The van der Waals surface area contributed by atoms with Crippen molar-refractivity contribution in [3.63, 3.8) is 0 Å². The number of nitrogens with one attached hydrogen (secondary N) is 2. The van der Waals surface area contributed by atoms with Gasteiger partial charge in [-0.15, -0.1) is 5.10 Å². The molecule has 0 aliphatic carbocycles. The van der Waals surface area contributed by atoms with E-state index in [0.717, 1.165) is 11.3 Å². The van der Waals surface area contributed by atoms with E-state index in [1.807, 2.05) is 30.3 Å². The van der Waals surface area contributed by atoms with Crippen LogP contribution in [0.1, 0.15) is 23.4 Å². The van der Waals surface area contributed by atoms with Gasteiger partial charge >= 0.3 is 0 Å². The normalized spacial score (nSPS) is 13.4. The Morgan fingerprint density at radius 3 is 2.95 bits per heavy atom. The van der Waals surface area contributed by atoms with Crippen LogP contribution < -0.4 is 10.6 Å². The van der Waals surface area contributed by atoms with Gasteiger partial charge in [-0.05, 0) is 12.0 Å². The number of nitrogens with zero attached hydrogens (tertiary/aromatic N) is 3. The monoisotopic (exact) mass is 299 g/mol. The van der Waals surface area contributed by atoms with Gasteiger partial charge in [-0.1, -0.05) is 35.5 Å². The lowest BCUT2D eigenvalue weighted by Crippen LogP contribution is -2.35. The zero-order valence-corrected chi connectivity index (χ0v) is 12.1. The summed E-state index contributed by atoms with van der Waals surface area (Å²) in [6.07, 6.45) is 1.15. The summed E-state index contributed by atoms with van der Waals surface area (Å²) in [6.45, 7) is 0.921. The van der Waals surface area contributed by atoms with Crippen molar-refractivity contribution in [1.82, 2.24) is 25.6 Å². The summed E-state index contributed by atoms with van der Waals surface area (Å²) in [5.74, 6) is -0.0960. The molecule has 0 saturated carbocycles. The van der Waals surface area contributed by atoms with Crippen LogP contribution in [0.2, 0.25) is 0 Å². The fraction of sp³-hybridized carbons (Fsp3) is 0.333. The molecule has 7 heteroatoms. The van der Waals surface area contributed by atoms with Crippen molar-refractivity contribution in [2.45, 2.75) is 32.5 Å². The summed E-state index contributed by atoms with van der Waals surface area (Å²) in [5, 5.41) is 13.6. The van der Waals surface area contributed by atoms with E-state index in [0.29, 0.717) is 31.6 Å². The molecule has 0 saturated heterocycles. The maximum Gasteiger partial charge on any atom is 0.242 e. The lowest BCUT2D eigenvalue weighted by Gasteiger charge is -2.14. The molecule has 0 unspecified atom stereocenters. The van der Waals surface area contributed by atoms with Gasteiger partial charge in [0.15, 0.2) is 0 Å². The van der Waals surface area contributed by atoms with E-state index in [2.05, 4.69) is 20.9 Å². The van der Waals surface area contributed by atoms with Gasteiger partial charge in [-0.2, -0.15) is 0 Å². The molecule has 2 aromatic rings. The minimum absolute atomic E-state index is 0.0227. The quantitative estimate of drug-likeness (QED) is 0.823. The molecule has 114 valence electrons. The van der Waals surface area contributed by atoms with Crippen molar-refractivity contribution < 1.29 is 9.59 Å². The number of carbonyl (C=O) groups excluding carboxylic acids is 2. The second kappa shape index (κ2) is 6.38. The number of aryl methyl sites for hydroxylation is 1. The van der Waals surface area contributed by atoms with Gasteiger partial charge in [0.25, 0.3) is 0 Å². The first kappa shape index (κ1) is 14.2. The zero-order chi connectivity index (χ0) is 15.4. The van der Waals surface area contributed by atoms with E-state index >= 15 is 0 Å². The number of amides is 2. The van der Waals surface area contributed by atoms with E-state index < -0.39 is 0 Å². The third kappa shape index (κ3) is 3.30. The third-order valence-corrected chi connectivity index (χ3v) is 3.60. The van der Waals surface area contributed by atoms with E-state index in [1.54, 1.807) is 4.68 Å². The number of hydrogen-bond donors (Lipinski definition) is 2. The maximum atomic E-state index is 11.9. The van der Waals surface area contributed by atoms with Crippen LogP contribution in [0.3, 0.4) is 0 Å². The van der Waals surface area contributed by atoms with Crippen molar-refractivity contribution in [1.29, 1.82) is 0 Å². The first-order valence-electron chi connectivity index (χ1n) is 7.21. The number of carbonyl (C=O) groups is 2. The minimum Gasteiger partial charge on any atom is -0.350 e. The molecule has 1 aromatic carbocycles. The largest absolute Gasteiger partial charge is 0.350 e. The molecule has 2 heterocycles. The van der Waals surface area contributed by atoms with Crippen LogP contribution in [0, 0.1) is 0 Å². The molecule has 0 atom stereocenters. The average Bonchev–Trinajstić information content (AvgIpc) is 2.94. The van der Waals surface area contributed by atoms with Crippen LogP contribution in [0.25, 0.3) is 0 Å². The van der Waals surface area contributed by atoms with E-state index in [1.165, 1.54) is 0 Å². The highest BCUT2D eigenvalue weighted by Gasteiger charge is 2.20. The van der Waals surface area contributed by atoms with E-state index in [4.69, 9.17) is 0 Å². The Hall–Kier alpha value is -2.70. The van der Waals surface area contributed by atoms with Gasteiger partial charge in [0.2, 0.25) is 11.8 Å². The van der Waals surface area contributed by atoms with Crippen LogP contribution in [0.15, 0.2) is 30.3 Å². The molecule has 1 aliphatic heterocycles. The van der Waals surface area contributed by atoms with E-state index in [-0.39, 0.29) is 18.4 Å². The number of rotatable bonds is 5. The van der Waals surface area contributed by atoms with Gasteiger partial charge in [0, 0.05) is 6.42 Å². The molecule has 0 radical (unpaired) electrons. The van der Waals surface area contributed by atoms with Gasteiger partial charge in [0.05, 0.1) is 18.8 Å². The number of hydrogen-bond acceptors (Lipinski definition) is 4. The predicted octanol–water partition coefficient (Wildman–Crippen LogP) is 0.157. The molecule has 0 spiro atoms. The minimum atomic E-state index is -0.0733. The summed E-state index contributed by atoms with van der Waals surface area (Å²) in [7, 11) is 0. The molecule has 1 aromatic heterocycles. The molecule has 2 N–H and O–H groups in total. The SMILES string of the molecule is O=C(CCc1ccccc1)NCc1nnn2c1CNC(=O)C2. The highest BCUT2D eigenvalue weighted by Crippen LogP contribution is 2.09. The summed E-state index contributed by atoms with van der Waals surface area (Å²) in [4.78, 5) is 23.1. The Kier molecular flexibility index (Phi) is 4.13. The standard InChI is InChI=1S/C15H17N5O2/c21-14(7-6-11-4-2-1-3-5-11)16-8-12-13-9-17-15(22)10-20(13)19-18-12/h1-5H,6-10H2,(H,16,21)(H,17,22). The van der Waals surface area contributed by atoms with Crippen molar-refractivity contribution in [2.75, 3.05) is 0 Å². The maximum absolute atomic E-state index is 11.9. The molecular weight excluding hydrogens is 282 g/mol. The van der Waals surface area contributed by atoms with Crippen molar-refractivity contribution in [3.05, 3.63) is 47.3 Å². The fourth-order valence-corrected chi connectivity index (χ4v) is 2.37. The smallest absolute Gasteiger partial charge is 0.242 e. The molecule has 2 amide bonds. The Labute approximate surface area is 127 Å². The highest BCUT2D eigenvalue weighted by atomic mass is 16.2. The number of fused-ring (bicyclic) bond motifs is 1. The van der Waals surface area contributed by atoms with Crippen LogP contribution in [-0.4, -0.2) is 26.8 Å². The van der Waals surface area contributed by atoms with Crippen molar-refractivity contribution >= 4 is 11.8 Å². The Morgan fingerprint density at radius 2 is 2.14 bits per heavy atom. The van der Waals surface area contributed by atoms with Crippen LogP contribution in [0.4, 0.5) is 0 Å². The molecule has 1 aliphatic rings. The predicted molar refractivity (Wildman–Crippen MR) is 78.5 cm³/mol. The molecule has 3 rings (SSSR count). The van der Waals surface area contributed by atoms with Crippen molar-refractivity contribution in [3.8, 4) is 0 Å². The Balaban J connectivity index is 1.50. The lowest BCUT2D eigenvalue weighted by molar-refractivity contribution is -0.123. The Morgan fingerprint density at radius 1 is 1.32 bits per heavy atom. The third-order valence-electron chi connectivity index (χ3n) is 3.60. The van der Waals surface area contributed by atoms with Crippen LogP contribution in [-0.2, 0) is 35.6 Å². The number of benzene rings is 1. The topological polar surface area (TPSA) is 88.9 Å². The second-order valence-corrected chi connectivity index (χ2v) is 5.18. The summed E-state index contributed by atoms with van der Waals surface area (Å²) < 4.78 is 1.57. The molecule has 0 bridgehead atoms. The van der Waals surface area contributed by atoms with E-state index in [9.17, 15) is 9.59 Å². The summed E-state index contributed by atoms with van der Waals surface area (Å²) in [5.41, 5.74) is 2.69. The molecular formula is C15H17N5O2. The highest BCUT2D eigenvalue weighted by molar-refractivity contribution is 5.77. The molecule has 22 heavy (non-hydrogen) atoms. The van der Waals surface area contributed by atoms with Crippen LogP contribution in [0.5, 0.6) is 0 Å². The zero-order valence-electron chi connectivity index (χ0n) is 12.1. The summed E-state index contributed by atoms with van der Waals surface area (Å²) >= 11 is 0. The lowest BCUT2D eigenvalue weighted by atomic mass is 10.1. The van der Waals surface area contributed by atoms with Crippen molar-refractivity contribution in [2.24, 2.45) is 0 Å².